The van der Waals surface area contributed by atoms with Crippen LogP contribution >= 0.6 is 15.9 Å². The Balaban J connectivity index is 2.39. The molecule has 1 aliphatic heterocycles. The van der Waals surface area contributed by atoms with Gasteiger partial charge in [0.2, 0.25) is 0 Å². The first kappa shape index (κ1) is 12.8. The molecule has 0 spiro atoms. The number of methoxy groups -OCH3 is 1. The number of benzene rings is 1. The summed E-state index contributed by atoms with van der Waals surface area (Å²) < 4.78 is 25.3. The molecule has 0 N–H and O–H groups in total. The molecule has 1 aromatic rings. The first-order valence-corrected chi connectivity index (χ1v) is 6.53. The highest BCUT2D eigenvalue weighted by molar-refractivity contribution is 9.10. The van der Waals surface area contributed by atoms with Gasteiger partial charge in [0.15, 0.2) is 11.6 Å². The maximum Gasteiger partial charge on any atom is 0.168 e. The number of ether oxygens (including phenoxy) is 2. The Morgan fingerprint density at radius 3 is 2.71 bits per heavy atom. The first-order chi connectivity index (χ1) is 8.07. The molecular weight excluding hydrogens is 287 g/mol. The Bertz CT molecular complexity index is 391. The Hall–Kier alpha value is -0.610. The molecule has 1 atom stereocenters. The lowest BCUT2D eigenvalue weighted by molar-refractivity contribution is -0.0703. The van der Waals surface area contributed by atoms with Crippen LogP contribution in [-0.2, 0) is 10.3 Å². The lowest BCUT2D eigenvalue weighted by Crippen LogP contribution is -2.30. The van der Waals surface area contributed by atoms with Crippen LogP contribution < -0.4 is 4.74 Å². The summed E-state index contributed by atoms with van der Waals surface area (Å²) in [6.45, 7) is 2.75. The zero-order chi connectivity index (χ0) is 12.5. The smallest absolute Gasteiger partial charge is 0.168 e. The monoisotopic (exact) mass is 302 g/mol. The summed E-state index contributed by atoms with van der Waals surface area (Å²) >= 11 is 3.33. The van der Waals surface area contributed by atoms with Crippen molar-refractivity contribution in [3.8, 4) is 5.75 Å². The maximum absolute atomic E-state index is 13.8. The molecule has 1 fully saturated rings. The predicted molar refractivity (Wildman–Crippen MR) is 67.8 cm³/mol. The minimum Gasteiger partial charge on any atom is -0.492 e. The highest BCUT2D eigenvalue weighted by Crippen LogP contribution is 2.39. The second kappa shape index (κ2) is 4.94. The van der Waals surface area contributed by atoms with Crippen LogP contribution in [0.5, 0.6) is 5.75 Å². The van der Waals surface area contributed by atoms with Crippen molar-refractivity contribution < 1.29 is 13.9 Å². The van der Waals surface area contributed by atoms with E-state index in [0.29, 0.717) is 4.47 Å². The fraction of sp³-hybridized carbons (Fsp3) is 0.538. The van der Waals surface area contributed by atoms with E-state index in [-0.39, 0.29) is 17.2 Å². The quantitative estimate of drug-likeness (QED) is 0.822. The summed E-state index contributed by atoms with van der Waals surface area (Å²) in [7, 11) is 1.46. The van der Waals surface area contributed by atoms with Crippen LogP contribution in [0.3, 0.4) is 0 Å². The van der Waals surface area contributed by atoms with Gasteiger partial charge in [-0.25, -0.2) is 4.39 Å². The highest BCUT2D eigenvalue weighted by atomic mass is 79.9. The van der Waals surface area contributed by atoms with Crippen molar-refractivity contribution in [2.75, 3.05) is 13.7 Å². The van der Waals surface area contributed by atoms with E-state index in [0.717, 1.165) is 31.4 Å². The Labute approximate surface area is 109 Å². The minimum absolute atomic E-state index is 0.244. The van der Waals surface area contributed by atoms with Crippen molar-refractivity contribution >= 4 is 15.9 Å². The third kappa shape index (κ3) is 2.47. The second-order valence-corrected chi connectivity index (χ2v) is 5.36. The van der Waals surface area contributed by atoms with Gasteiger partial charge in [-0.15, -0.1) is 0 Å². The molecular formula is C13H16BrFO2. The second-order valence-electron chi connectivity index (χ2n) is 4.51. The van der Waals surface area contributed by atoms with Gasteiger partial charge in [0.1, 0.15) is 0 Å². The largest absolute Gasteiger partial charge is 0.492 e. The van der Waals surface area contributed by atoms with Gasteiger partial charge in [-0.1, -0.05) is 0 Å². The van der Waals surface area contributed by atoms with Gasteiger partial charge in [-0.2, -0.15) is 0 Å². The van der Waals surface area contributed by atoms with Gasteiger partial charge in [0.05, 0.1) is 17.2 Å². The Morgan fingerprint density at radius 1 is 1.41 bits per heavy atom. The van der Waals surface area contributed by atoms with Crippen molar-refractivity contribution in [1.29, 1.82) is 0 Å². The van der Waals surface area contributed by atoms with Crippen LogP contribution in [0.25, 0.3) is 0 Å². The van der Waals surface area contributed by atoms with E-state index >= 15 is 0 Å². The van der Waals surface area contributed by atoms with Gasteiger partial charge >= 0.3 is 0 Å². The average Bonchev–Trinajstić information content (AvgIpc) is 2.29. The number of hydrogen-bond donors (Lipinski definition) is 0. The van der Waals surface area contributed by atoms with E-state index in [1.807, 2.05) is 13.0 Å². The van der Waals surface area contributed by atoms with Crippen LogP contribution in [0.15, 0.2) is 16.6 Å². The minimum atomic E-state index is -0.381. The fourth-order valence-electron chi connectivity index (χ4n) is 2.22. The maximum atomic E-state index is 13.8. The van der Waals surface area contributed by atoms with Crippen molar-refractivity contribution in [3.63, 3.8) is 0 Å². The third-order valence-electron chi connectivity index (χ3n) is 3.28. The summed E-state index contributed by atoms with van der Waals surface area (Å²) in [4.78, 5) is 0. The zero-order valence-electron chi connectivity index (χ0n) is 10.1. The molecule has 17 heavy (non-hydrogen) atoms. The van der Waals surface area contributed by atoms with Crippen LogP contribution in [0.1, 0.15) is 31.7 Å². The molecule has 1 heterocycles. The lowest BCUT2D eigenvalue weighted by atomic mass is 9.88. The molecule has 2 nitrogen and oxygen atoms in total. The van der Waals surface area contributed by atoms with Gasteiger partial charge < -0.3 is 9.47 Å². The topological polar surface area (TPSA) is 18.5 Å². The van der Waals surface area contributed by atoms with Crippen LogP contribution in [-0.4, -0.2) is 13.7 Å². The molecule has 0 aromatic heterocycles. The molecule has 0 aliphatic carbocycles. The zero-order valence-corrected chi connectivity index (χ0v) is 11.6. The van der Waals surface area contributed by atoms with Gasteiger partial charge in [0.25, 0.3) is 0 Å². The molecule has 1 saturated heterocycles. The molecule has 94 valence electrons. The Morgan fingerprint density at radius 2 is 2.18 bits per heavy atom. The molecule has 0 bridgehead atoms. The predicted octanol–water partition coefficient (Wildman–Crippen LogP) is 4.01. The molecule has 1 aromatic carbocycles. The van der Waals surface area contributed by atoms with E-state index in [1.54, 1.807) is 0 Å². The third-order valence-corrected chi connectivity index (χ3v) is 3.87. The SMILES string of the molecule is COc1c(F)cc([C@@]2(C)CCCCO2)cc1Br. The van der Waals surface area contributed by atoms with Crippen molar-refractivity contribution in [2.45, 2.75) is 31.8 Å². The Kier molecular flexibility index (Phi) is 3.73. The number of hydrogen-bond acceptors (Lipinski definition) is 2. The molecule has 0 amide bonds. The van der Waals surface area contributed by atoms with E-state index in [2.05, 4.69) is 15.9 Å². The summed E-state index contributed by atoms with van der Waals surface area (Å²) in [6.07, 6.45) is 3.11. The number of halogens is 2. The average molecular weight is 303 g/mol. The van der Waals surface area contributed by atoms with Gasteiger partial charge in [-0.3, -0.25) is 0 Å². The van der Waals surface area contributed by atoms with Crippen LogP contribution in [0.2, 0.25) is 0 Å². The summed E-state index contributed by atoms with van der Waals surface area (Å²) in [5, 5.41) is 0. The molecule has 0 saturated carbocycles. The van der Waals surface area contributed by atoms with E-state index in [1.165, 1.54) is 13.2 Å². The van der Waals surface area contributed by atoms with Crippen LogP contribution in [0, 0.1) is 5.82 Å². The number of rotatable bonds is 2. The van der Waals surface area contributed by atoms with Crippen molar-refractivity contribution in [2.24, 2.45) is 0 Å². The van der Waals surface area contributed by atoms with Crippen LogP contribution in [0.4, 0.5) is 4.39 Å². The van der Waals surface area contributed by atoms with Crippen molar-refractivity contribution in [1.82, 2.24) is 0 Å². The normalized spacial score (nSPS) is 24.7. The summed E-state index contributed by atoms with van der Waals surface area (Å²) in [5.74, 6) is -0.111. The molecule has 0 unspecified atom stereocenters. The van der Waals surface area contributed by atoms with E-state index in [4.69, 9.17) is 9.47 Å². The fourth-order valence-corrected chi connectivity index (χ4v) is 2.82. The highest BCUT2D eigenvalue weighted by Gasteiger charge is 2.31. The molecule has 4 heteroatoms. The first-order valence-electron chi connectivity index (χ1n) is 5.74. The molecule has 1 aliphatic rings. The molecule has 2 rings (SSSR count). The van der Waals surface area contributed by atoms with Gasteiger partial charge in [-0.05, 0) is 59.8 Å². The lowest BCUT2D eigenvalue weighted by Gasteiger charge is -2.34. The summed E-state index contributed by atoms with van der Waals surface area (Å²) in [6, 6.07) is 3.39. The summed E-state index contributed by atoms with van der Waals surface area (Å²) in [5.41, 5.74) is 0.482. The standard InChI is InChI=1S/C13H16BrFO2/c1-13(5-3-4-6-17-13)9-7-10(14)12(16-2)11(15)8-9/h7-8H,3-6H2,1-2H3/t13-/m1/s1. The van der Waals surface area contributed by atoms with Crippen molar-refractivity contribution in [3.05, 3.63) is 28.0 Å². The van der Waals surface area contributed by atoms with E-state index < -0.39 is 0 Å². The van der Waals surface area contributed by atoms with Gasteiger partial charge in [0, 0.05) is 6.61 Å². The van der Waals surface area contributed by atoms with E-state index in [9.17, 15) is 4.39 Å². The molecule has 0 radical (unpaired) electrons.